The summed E-state index contributed by atoms with van der Waals surface area (Å²) in [4.78, 5) is 24.4. The Morgan fingerprint density at radius 1 is 1.25 bits per heavy atom. The van der Waals surface area contributed by atoms with Crippen LogP contribution in [0.5, 0.6) is 5.75 Å². The maximum absolute atomic E-state index is 12.4. The molecule has 0 saturated heterocycles. The number of anilines is 1. The molecule has 2 aromatic rings. The first-order valence-corrected chi connectivity index (χ1v) is 11.9. The van der Waals surface area contributed by atoms with Crippen LogP contribution in [0.3, 0.4) is 0 Å². The average Bonchev–Trinajstić information content (AvgIpc) is 2.78. The minimum absolute atomic E-state index is 0.0498. The van der Waals surface area contributed by atoms with Gasteiger partial charge in [0.25, 0.3) is 0 Å². The molecule has 0 spiro atoms. The summed E-state index contributed by atoms with van der Waals surface area (Å²) in [5.74, 6) is 0.762. The molecular formula is C23H24Cl2N2O4S. The molecule has 1 amide bonds. The lowest BCUT2D eigenvalue weighted by atomic mass is 10.0. The molecule has 6 nitrogen and oxygen atoms in total. The third-order valence-electron chi connectivity index (χ3n) is 4.78. The second-order valence-electron chi connectivity index (χ2n) is 7.21. The van der Waals surface area contributed by atoms with Gasteiger partial charge in [-0.25, -0.2) is 0 Å². The van der Waals surface area contributed by atoms with E-state index in [4.69, 9.17) is 32.2 Å². The van der Waals surface area contributed by atoms with Crippen LogP contribution in [0, 0.1) is 0 Å². The van der Waals surface area contributed by atoms with Gasteiger partial charge < -0.3 is 14.3 Å². The van der Waals surface area contributed by atoms with Gasteiger partial charge in [0.2, 0.25) is 5.91 Å². The summed E-state index contributed by atoms with van der Waals surface area (Å²) < 4.78 is 11.1. The Morgan fingerprint density at radius 3 is 2.91 bits per heavy atom. The average molecular weight is 495 g/mol. The number of hydrogen-bond acceptors (Lipinski definition) is 6. The zero-order valence-electron chi connectivity index (χ0n) is 17.7. The minimum atomic E-state index is -0.0724. The maximum Gasteiger partial charge on any atom is 0.224 e. The Hall–Kier alpha value is -2.22. The third kappa shape index (κ3) is 6.64. The molecule has 0 saturated carbocycles. The number of hydrogen-bond donors (Lipinski definition) is 1. The van der Waals surface area contributed by atoms with Crippen LogP contribution in [0.25, 0.3) is 0 Å². The van der Waals surface area contributed by atoms with Crippen molar-refractivity contribution in [2.45, 2.75) is 50.3 Å². The number of nitrogens with one attached hydrogen (secondary N) is 1. The Morgan fingerprint density at radius 2 is 2.09 bits per heavy atom. The van der Waals surface area contributed by atoms with E-state index in [1.54, 1.807) is 18.3 Å². The molecule has 1 N–H and O–H groups in total. The minimum Gasteiger partial charge on any atom is -0.494 e. The summed E-state index contributed by atoms with van der Waals surface area (Å²) in [7, 11) is 0. The van der Waals surface area contributed by atoms with Crippen molar-refractivity contribution in [1.82, 2.24) is 0 Å². The number of amides is 1. The summed E-state index contributed by atoms with van der Waals surface area (Å²) >= 11 is 13.3. The number of unbranched alkanes of at least 4 members (excludes halogenated alkanes) is 1. The highest BCUT2D eigenvalue weighted by atomic mass is 35.5. The predicted octanol–water partition coefficient (Wildman–Crippen LogP) is 6.73. The van der Waals surface area contributed by atoms with E-state index in [2.05, 4.69) is 10.5 Å². The van der Waals surface area contributed by atoms with E-state index >= 15 is 0 Å². The van der Waals surface area contributed by atoms with Crippen LogP contribution in [0.4, 0.5) is 5.69 Å². The second-order valence-corrected chi connectivity index (χ2v) is 8.75. The Kier molecular flexibility index (Phi) is 9.26. The summed E-state index contributed by atoms with van der Waals surface area (Å²) in [5, 5.41) is 7.36. The van der Waals surface area contributed by atoms with E-state index in [1.807, 2.05) is 25.1 Å². The SMILES string of the molecule is CCCC(=O)c1c(SON=CCCCOc2ccc3c(c2)CCC(=O)N3)ccc(Cl)c1Cl. The van der Waals surface area contributed by atoms with E-state index in [1.165, 1.54) is 0 Å². The number of carbonyl (C=O) groups excluding carboxylic acids is 2. The number of Topliss-reactive ketones (excluding diaryl/α,β-unsaturated/α-hetero) is 1. The number of aryl methyl sites for hydroxylation is 1. The number of ketones is 1. The van der Waals surface area contributed by atoms with Crippen molar-refractivity contribution < 1.29 is 18.6 Å². The van der Waals surface area contributed by atoms with Crippen molar-refractivity contribution in [2.24, 2.45) is 5.16 Å². The summed E-state index contributed by atoms with van der Waals surface area (Å²) in [5.41, 5.74) is 2.32. The van der Waals surface area contributed by atoms with Gasteiger partial charge in [0.05, 0.1) is 27.1 Å². The number of ether oxygens (including phenoxy) is 1. The van der Waals surface area contributed by atoms with Crippen LogP contribution in [0.2, 0.25) is 10.0 Å². The van der Waals surface area contributed by atoms with Gasteiger partial charge in [-0.15, -0.1) is 0 Å². The first kappa shape index (κ1) is 24.4. The summed E-state index contributed by atoms with van der Waals surface area (Å²) in [6, 6.07) is 9.03. The molecule has 1 aliphatic rings. The molecule has 0 aromatic heterocycles. The molecule has 1 aliphatic heterocycles. The fourth-order valence-electron chi connectivity index (χ4n) is 3.17. The van der Waals surface area contributed by atoms with E-state index in [9.17, 15) is 9.59 Å². The van der Waals surface area contributed by atoms with Crippen molar-refractivity contribution in [3.8, 4) is 5.75 Å². The first-order valence-electron chi connectivity index (χ1n) is 10.4. The van der Waals surface area contributed by atoms with Gasteiger partial charge in [0.1, 0.15) is 17.8 Å². The van der Waals surface area contributed by atoms with Gasteiger partial charge in [0, 0.05) is 24.7 Å². The van der Waals surface area contributed by atoms with Gasteiger partial charge in [0.15, 0.2) is 5.78 Å². The van der Waals surface area contributed by atoms with Gasteiger partial charge in [-0.1, -0.05) is 35.3 Å². The van der Waals surface area contributed by atoms with Gasteiger partial charge >= 0.3 is 0 Å². The third-order valence-corrected chi connectivity index (χ3v) is 6.26. The van der Waals surface area contributed by atoms with Crippen molar-refractivity contribution in [3.05, 3.63) is 51.5 Å². The van der Waals surface area contributed by atoms with Crippen LogP contribution in [0.15, 0.2) is 40.4 Å². The molecule has 170 valence electrons. The zero-order chi connectivity index (χ0) is 22.9. The normalized spacial score (nSPS) is 13.0. The lowest BCUT2D eigenvalue weighted by molar-refractivity contribution is -0.116. The molecule has 0 radical (unpaired) electrons. The van der Waals surface area contributed by atoms with Crippen molar-refractivity contribution in [1.29, 1.82) is 0 Å². The molecule has 9 heteroatoms. The smallest absolute Gasteiger partial charge is 0.224 e. The second kappa shape index (κ2) is 12.1. The number of fused-ring (bicyclic) bond motifs is 1. The number of benzene rings is 2. The van der Waals surface area contributed by atoms with Gasteiger partial charge in [-0.3, -0.25) is 9.59 Å². The maximum atomic E-state index is 12.4. The first-order chi connectivity index (χ1) is 15.5. The van der Waals surface area contributed by atoms with Crippen LogP contribution in [-0.2, 0) is 15.5 Å². The lowest BCUT2D eigenvalue weighted by Gasteiger charge is -2.17. The predicted molar refractivity (Wildman–Crippen MR) is 129 cm³/mol. The van der Waals surface area contributed by atoms with E-state index in [0.717, 1.165) is 48.3 Å². The molecular weight excluding hydrogens is 471 g/mol. The van der Waals surface area contributed by atoms with E-state index in [0.29, 0.717) is 41.4 Å². The molecule has 32 heavy (non-hydrogen) atoms. The molecule has 0 aliphatic carbocycles. The Balaban J connectivity index is 1.41. The molecule has 0 bridgehead atoms. The molecule has 0 unspecified atom stereocenters. The molecule has 2 aromatic carbocycles. The van der Waals surface area contributed by atoms with Crippen molar-refractivity contribution in [2.75, 3.05) is 11.9 Å². The summed E-state index contributed by atoms with van der Waals surface area (Å²) in [6.45, 7) is 2.46. The molecule has 3 rings (SSSR count). The highest BCUT2D eigenvalue weighted by Crippen LogP contribution is 2.35. The fourth-order valence-corrected chi connectivity index (χ4v) is 4.26. The number of carbonyl (C=O) groups is 2. The molecule has 1 heterocycles. The fraction of sp³-hybridized carbons (Fsp3) is 0.348. The van der Waals surface area contributed by atoms with Crippen molar-refractivity contribution in [3.63, 3.8) is 0 Å². The Bertz CT molecular complexity index is 1010. The highest BCUT2D eigenvalue weighted by Gasteiger charge is 2.19. The number of rotatable bonds is 11. The zero-order valence-corrected chi connectivity index (χ0v) is 20.0. The summed E-state index contributed by atoms with van der Waals surface area (Å²) in [6.07, 6.45) is 5.42. The lowest BCUT2D eigenvalue weighted by Crippen LogP contribution is -2.18. The number of oxime groups is 1. The largest absolute Gasteiger partial charge is 0.494 e. The standard InChI is InChI=1S/C23H24Cl2N2O4S/c1-2-5-19(28)22-20(10-8-17(24)23(22)25)32-31-26-12-3-4-13-30-16-7-9-18-15(14-16)6-11-21(29)27-18/h7-10,12,14H,2-6,11,13H2,1H3,(H,27,29). The molecule has 0 atom stereocenters. The van der Waals surface area contributed by atoms with E-state index in [-0.39, 0.29) is 16.7 Å². The van der Waals surface area contributed by atoms with Crippen LogP contribution in [0.1, 0.15) is 54.9 Å². The van der Waals surface area contributed by atoms with Gasteiger partial charge in [-0.05, 0) is 61.6 Å². The number of nitrogens with zero attached hydrogens (tertiary/aromatic N) is 1. The topological polar surface area (TPSA) is 77.0 Å². The van der Waals surface area contributed by atoms with E-state index < -0.39 is 0 Å². The Labute approximate surface area is 201 Å². The quantitative estimate of drug-likeness (QED) is 0.123. The van der Waals surface area contributed by atoms with Crippen LogP contribution in [-0.4, -0.2) is 24.5 Å². The monoisotopic (exact) mass is 494 g/mol. The molecule has 0 fully saturated rings. The van der Waals surface area contributed by atoms with Crippen molar-refractivity contribution >= 4 is 58.8 Å². The van der Waals surface area contributed by atoms with Crippen LogP contribution < -0.4 is 10.1 Å². The highest BCUT2D eigenvalue weighted by molar-refractivity contribution is 7.94. The van der Waals surface area contributed by atoms with Crippen LogP contribution >= 0.6 is 35.2 Å². The number of halogens is 2. The van der Waals surface area contributed by atoms with Gasteiger partial charge in [-0.2, -0.15) is 0 Å².